The van der Waals surface area contributed by atoms with Crippen LogP contribution in [0.1, 0.15) is 18.4 Å². The van der Waals surface area contributed by atoms with Gasteiger partial charge in [0.05, 0.1) is 12.0 Å². The molecule has 2 rings (SSSR count). The van der Waals surface area contributed by atoms with Gasteiger partial charge in [0.15, 0.2) is 0 Å². The van der Waals surface area contributed by atoms with Crippen molar-refractivity contribution in [3.8, 4) is 0 Å². The van der Waals surface area contributed by atoms with Gasteiger partial charge < -0.3 is 9.84 Å². The van der Waals surface area contributed by atoms with E-state index in [9.17, 15) is 4.79 Å². The van der Waals surface area contributed by atoms with Gasteiger partial charge in [0.1, 0.15) is 6.61 Å². The summed E-state index contributed by atoms with van der Waals surface area (Å²) in [5.74, 6) is -0.284. The molecule has 0 spiro atoms. The summed E-state index contributed by atoms with van der Waals surface area (Å²) >= 11 is 0. The van der Waals surface area contributed by atoms with Crippen molar-refractivity contribution < 1.29 is 14.6 Å². The number of hydrogen-bond acceptors (Lipinski definition) is 3. The second kappa shape index (κ2) is 4.45. The standard InChI is InChI=1S/C12H14O3/c13-11-6-10(7-11)12(14)15-8-9-4-2-1-3-5-9/h1-5,10-11,13H,6-8H2/t10-,11-. The van der Waals surface area contributed by atoms with Gasteiger partial charge in [0, 0.05) is 0 Å². The van der Waals surface area contributed by atoms with Crippen molar-refractivity contribution >= 4 is 5.97 Å². The highest BCUT2D eigenvalue weighted by Crippen LogP contribution is 2.28. The fourth-order valence-corrected chi connectivity index (χ4v) is 1.63. The van der Waals surface area contributed by atoms with Crippen LogP contribution in [0.4, 0.5) is 0 Å². The van der Waals surface area contributed by atoms with Crippen molar-refractivity contribution in [2.75, 3.05) is 0 Å². The normalized spacial score (nSPS) is 24.3. The summed E-state index contributed by atoms with van der Waals surface area (Å²) in [5, 5.41) is 9.04. The molecule has 3 nitrogen and oxygen atoms in total. The summed E-state index contributed by atoms with van der Waals surface area (Å²) < 4.78 is 5.13. The van der Waals surface area contributed by atoms with Crippen LogP contribution in [0.3, 0.4) is 0 Å². The average Bonchev–Trinajstić information content (AvgIpc) is 2.23. The molecule has 1 aromatic rings. The molecule has 0 amide bonds. The topological polar surface area (TPSA) is 46.5 Å². The summed E-state index contributed by atoms with van der Waals surface area (Å²) in [6.07, 6.45) is 0.792. The van der Waals surface area contributed by atoms with Crippen LogP contribution in [0.25, 0.3) is 0 Å². The SMILES string of the molecule is O=C(OCc1ccccc1)[C@H]1C[C@H](O)C1. The molecule has 15 heavy (non-hydrogen) atoms. The minimum absolute atomic E-state index is 0.0938. The van der Waals surface area contributed by atoms with Gasteiger partial charge in [-0.25, -0.2) is 0 Å². The Morgan fingerprint density at radius 3 is 2.60 bits per heavy atom. The number of ether oxygens (including phenoxy) is 1. The van der Waals surface area contributed by atoms with E-state index in [1.807, 2.05) is 30.3 Å². The Morgan fingerprint density at radius 2 is 2.00 bits per heavy atom. The predicted octanol–water partition coefficient (Wildman–Crippen LogP) is 1.50. The van der Waals surface area contributed by atoms with Gasteiger partial charge >= 0.3 is 5.97 Å². The van der Waals surface area contributed by atoms with Crippen molar-refractivity contribution in [2.24, 2.45) is 5.92 Å². The lowest BCUT2D eigenvalue weighted by molar-refractivity contribution is -0.157. The van der Waals surface area contributed by atoms with E-state index in [2.05, 4.69) is 0 Å². The lowest BCUT2D eigenvalue weighted by atomic mass is 9.83. The minimum atomic E-state index is -0.306. The van der Waals surface area contributed by atoms with Crippen molar-refractivity contribution in [3.63, 3.8) is 0 Å². The van der Waals surface area contributed by atoms with Gasteiger partial charge in [-0.2, -0.15) is 0 Å². The summed E-state index contributed by atoms with van der Waals surface area (Å²) in [5.41, 5.74) is 0.991. The quantitative estimate of drug-likeness (QED) is 0.762. The van der Waals surface area contributed by atoms with E-state index in [1.54, 1.807) is 0 Å². The maximum atomic E-state index is 11.4. The maximum absolute atomic E-state index is 11.4. The third kappa shape index (κ3) is 2.57. The fourth-order valence-electron chi connectivity index (χ4n) is 1.63. The van der Waals surface area contributed by atoms with Gasteiger partial charge in [-0.3, -0.25) is 4.79 Å². The second-order valence-corrected chi connectivity index (χ2v) is 3.92. The van der Waals surface area contributed by atoms with Crippen molar-refractivity contribution in [1.82, 2.24) is 0 Å². The van der Waals surface area contributed by atoms with E-state index >= 15 is 0 Å². The number of aliphatic hydroxyl groups is 1. The van der Waals surface area contributed by atoms with Crippen LogP contribution < -0.4 is 0 Å². The zero-order chi connectivity index (χ0) is 10.7. The molecule has 0 aliphatic heterocycles. The molecule has 0 heterocycles. The molecule has 1 aliphatic rings. The maximum Gasteiger partial charge on any atom is 0.309 e. The molecule has 80 valence electrons. The third-order valence-corrected chi connectivity index (χ3v) is 2.67. The molecule has 1 aromatic carbocycles. The van der Waals surface area contributed by atoms with E-state index in [0.717, 1.165) is 5.56 Å². The number of carbonyl (C=O) groups excluding carboxylic acids is 1. The van der Waals surface area contributed by atoms with Crippen molar-refractivity contribution in [3.05, 3.63) is 35.9 Å². The number of rotatable bonds is 3. The van der Waals surface area contributed by atoms with Crippen LogP contribution in [0.5, 0.6) is 0 Å². The number of aliphatic hydroxyl groups excluding tert-OH is 1. The van der Waals surface area contributed by atoms with Gasteiger partial charge in [0.25, 0.3) is 0 Å². The molecular formula is C12H14O3. The molecule has 0 atom stereocenters. The third-order valence-electron chi connectivity index (χ3n) is 2.67. The molecule has 1 N–H and O–H groups in total. The molecule has 1 saturated carbocycles. The first kappa shape index (κ1) is 10.2. The molecule has 1 fully saturated rings. The predicted molar refractivity (Wildman–Crippen MR) is 55.0 cm³/mol. The molecular weight excluding hydrogens is 192 g/mol. The Morgan fingerprint density at radius 1 is 1.33 bits per heavy atom. The minimum Gasteiger partial charge on any atom is -0.461 e. The second-order valence-electron chi connectivity index (χ2n) is 3.92. The zero-order valence-electron chi connectivity index (χ0n) is 8.43. The van der Waals surface area contributed by atoms with Gasteiger partial charge in [0.2, 0.25) is 0 Å². The molecule has 0 unspecified atom stereocenters. The lowest BCUT2D eigenvalue weighted by Gasteiger charge is -2.29. The molecule has 0 radical (unpaired) electrons. The fraction of sp³-hybridized carbons (Fsp3) is 0.417. The average molecular weight is 206 g/mol. The van der Waals surface area contributed by atoms with Crippen LogP contribution in [0, 0.1) is 5.92 Å². The first-order chi connectivity index (χ1) is 7.25. The van der Waals surface area contributed by atoms with Gasteiger partial charge in [-0.15, -0.1) is 0 Å². The zero-order valence-corrected chi connectivity index (χ0v) is 8.43. The number of esters is 1. The first-order valence-corrected chi connectivity index (χ1v) is 5.14. The lowest BCUT2D eigenvalue weighted by Crippen LogP contribution is -2.35. The number of carbonyl (C=O) groups is 1. The molecule has 0 aromatic heterocycles. The summed E-state index contributed by atoms with van der Waals surface area (Å²) in [7, 11) is 0. The van der Waals surface area contributed by atoms with Crippen molar-refractivity contribution in [1.29, 1.82) is 0 Å². The summed E-state index contributed by atoms with van der Waals surface area (Å²) in [6.45, 7) is 0.326. The van der Waals surface area contributed by atoms with Crippen molar-refractivity contribution in [2.45, 2.75) is 25.6 Å². The monoisotopic (exact) mass is 206 g/mol. The first-order valence-electron chi connectivity index (χ1n) is 5.14. The highest BCUT2D eigenvalue weighted by molar-refractivity contribution is 5.73. The van der Waals surface area contributed by atoms with Gasteiger partial charge in [-0.05, 0) is 18.4 Å². The summed E-state index contributed by atoms with van der Waals surface area (Å²) in [4.78, 5) is 11.4. The Balaban J connectivity index is 1.76. The van der Waals surface area contributed by atoms with E-state index in [0.29, 0.717) is 19.4 Å². The van der Waals surface area contributed by atoms with E-state index in [4.69, 9.17) is 9.84 Å². The Bertz CT molecular complexity index is 328. The smallest absolute Gasteiger partial charge is 0.309 e. The van der Waals surface area contributed by atoms with Crippen LogP contribution in [0.2, 0.25) is 0 Å². The van der Waals surface area contributed by atoms with Crippen LogP contribution >= 0.6 is 0 Å². The summed E-state index contributed by atoms with van der Waals surface area (Å²) in [6, 6.07) is 9.59. The number of hydrogen-bond donors (Lipinski definition) is 1. The van der Waals surface area contributed by atoms with Crippen LogP contribution in [-0.4, -0.2) is 17.2 Å². The molecule has 1 aliphatic carbocycles. The molecule has 0 bridgehead atoms. The van der Waals surface area contributed by atoms with E-state index < -0.39 is 0 Å². The largest absolute Gasteiger partial charge is 0.461 e. The molecule has 0 saturated heterocycles. The molecule has 3 heteroatoms. The number of benzene rings is 1. The van der Waals surface area contributed by atoms with E-state index in [1.165, 1.54) is 0 Å². The highest BCUT2D eigenvalue weighted by Gasteiger charge is 2.34. The Kier molecular flexibility index (Phi) is 3.02. The highest BCUT2D eigenvalue weighted by atomic mass is 16.5. The van der Waals surface area contributed by atoms with Gasteiger partial charge in [-0.1, -0.05) is 30.3 Å². The van der Waals surface area contributed by atoms with Crippen LogP contribution in [0.15, 0.2) is 30.3 Å². The van der Waals surface area contributed by atoms with E-state index in [-0.39, 0.29) is 18.0 Å². The Labute approximate surface area is 88.7 Å². The Hall–Kier alpha value is -1.35. The van der Waals surface area contributed by atoms with Crippen LogP contribution in [-0.2, 0) is 16.1 Å².